The molecule has 0 unspecified atom stereocenters. The highest BCUT2D eigenvalue weighted by Gasteiger charge is 2.26. The van der Waals surface area contributed by atoms with E-state index in [-0.39, 0.29) is 23.5 Å². The van der Waals surface area contributed by atoms with Crippen LogP contribution in [-0.2, 0) is 0 Å². The van der Waals surface area contributed by atoms with Crippen LogP contribution in [0.25, 0.3) is 0 Å². The Hall–Kier alpha value is -3.01. The Morgan fingerprint density at radius 1 is 1.24 bits per heavy atom. The predicted octanol–water partition coefficient (Wildman–Crippen LogP) is 2.92. The monoisotopic (exact) mass is 343 g/mol. The molecule has 0 spiro atoms. The molecule has 0 bridgehead atoms. The number of halogens is 2. The first-order valence-electron chi connectivity index (χ1n) is 7.84. The van der Waals surface area contributed by atoms with Crippen molar-refractivity contribution in [2.45, 2.75) is 18.9 Å². The van der Waals surface area contributed by atoms with Gasteiger partial charge in [0, 0.05) is 37.7 Å². The lowest BCUT2D eigenvalue weighted by Gasteiger charge is -2.32. The van der Waals surface area contributed by atoms with Crippen LogP contribution >= 0.6 is 0 Å². The summed E-state index contributed by atoms with van der Waals surface area (Å²) < 4.78 is 32.0. The molecule has 1 aliphatic rings. The van der Waals surface area contributed by atoms with E-state index in [0.29, 0.717) is 31.5 Å². The first kappa shape index (κ1) is 16.8. The third-order valence-electron chi connectivity index (χ3n) is 4.07. The molecule has 0 saturated carbocycles. The molecule has 1 aliphatic heterocycles. The highest BCUT2D eigenvalue weighted by atomic mass is 19.2. The molecule has 128 valence electrons. The maximum Gasteiger partial charge on any atom is 0.253 e. The van der Waals surface area contributed by atoms with Gasteiger partial charge in [-0.05, 0) is 30.3 Å². The Labute approximate surface area is 143 Å². The molecule has 3 rings (SSSR count). The molecule has 1 aromatic heterocycles. The van der Waals surface area contributed by atoms with Crippen molar-refractivity contribution in [3.63, 3.8) is 0 Å². The second-order valence-corrected chi connectivity index (χ2v) is 5.71. The predicted molar refractivity (Wildman–Crippen MR) is 84.9 cm³/mol. The number of likely N-dealkylation sites (tertiary alicyclic amines) is 1. The smallest absolute Gasteiger partial charge is 0.253 e. The minimum absolute atomic E-state index is 0.120. The molecular weight excluding hydrogens is 328 g/mol. The average Bonchev–Trinajstić information content (AvgIpc) is 2.64. The topological polar surface area (TPSA) is 66.2 Å². The number of aromatic nitrogens is 1. The van der Waals surface area contributed by atoms with E-state index in [4.69, 9.17) is 10.00 Å². The van der Waals surface area contributed by atoms with Gasteiger partial charge in [0.25, 0.3) is 5.91 Å². The van der Waals surface area contributed by atoms with Gasteiger partial charge in [-0.25, -0.2) is 13.8 Å². The van der Waals surface area contributed by atoms with Crippen molar-refractivity contribution < 1.29 is 18.3 Å². The van der Waals surface area contributed by atoms with E-state index < -0.39 is 11.6 Å². The average molecular weight is 343 g/mol. The van der Waals surface area contributed by atoms with Gasteiger partial charge in [-0.15, -0.1) is 0 Å². The fourth-order valence-corrected chi connectivity index (χ4v) is 2.72. The lowest BCUT2D eigenvalue weighted by molar-refractivity contribution is 0.0586. The molecule has 1 amide bonds. The lowest BCUT2D eigenvalue weighted by Crippen LogP contribution is -2.42. The number of pyridine rings is 1. The van der Waals surface area contributed by atoms with Crippen LogP contribution in [-0.4, -0.2) is 35.0 Å². The van der Waals surface area contributed by atoms with Gasteiger partial charge in [0.2, 0.25) is 5.88 Å². The molecule has 0 atom stereocenters. The number of hydrogen-bond donors (Lipinski definition) is 0. The van der Waals surface area contributed by atoms with Gasteiger partial charge in [0.15, 0.2) is 11.6 Å². The van der Waals surface area contributed by atoms with E-state index >= 15 is 0 Å². The van der Waals surface area contributed by atoms with Crippen LogP contribution in [0.3, 0.4) is 0 Å². The summed E-state index contributed by atoms with van der Waals surface area (Å²) in [6.07, 6.45) is 2.53. The molecule has 2 aromatic rings. The Morgan fingerprint density at radius 2 is 2.00 bits per heavy atom. The molecule has 7 heteroatoms. The first-order chi connectivity index (χ1) is 12.1. The summed E-state index contributed by atoms with van der Waals surface area (Å²) in [6, 6.07) is 8.45. The summed E-state index contributed by atoms with van der Waals surface area (Å²) >= 11 is 0. The summed E-state index contributed by atoms with van der Waals surface area (Å²) in [7, 11) is 0. The highest BCUT2D eigenvalue weighted by Crippen LogP contribution is 2.21. The quantitative estimate of drug-likeness (QED) is 0.859. The fourth-order valence-electron chi connectivity index (χ4n) is 2.72. The molecular formula is C18H15F2N3O2. The van der Waals surface area contributed by atoms with Crippen LogP contribution < -0.4 is 4.74 Å². The molecule has 0 aliphatic carbocycles. The van der Waals surface area contributed by atoms with Crippen molar-refractivity contribution in [3.8, 4) is 11.9 Å². The van der Waals surface area contributed by atoms with E-state index in [9.17, 15) is 13.6 Å². The zero-order valence-electron chi connectivity index (χ0n) is 13.3. The van der Waals surface area contributed by atoms with Crippen molar-refractivity contribution in [1.29, 1.82) is 5.26 Å². The van der Waals surface area contributed by atoms with Crippen LogP contribution in [0.1, 0.15) is 28.8 Å². The van der Waals surface area contributed by atoms with Crippen LogP contribution in [0.2, 0.25) is 0 Å². The van der Waals surface area contributed by atoms with Crippen molar-refractivity contribution in [2.75, 3.05) is 13.1 Å². The van der Waals surface area contributed by atoms with Crippen molar-refractivity contribution in [3.05, 3.63) is 59.3 Å². The molecule has 0 radical (unpaired) electrons. The lowest BCUT2D eigenvalue weighted by atomic mass is 10.1. The molecule has 5 nitrogen and oxygen atoms in total. The number of nitriles is 1. The number of piperidine rings is 1. The summed E-state index contributed by atoms with van der Waals surface area (Å²) in [5.74, 6) is -2.07. The van der Waals surface area contributed by atoms with Gasteiger partial charge in [0.1, 0.15) is 17.7 Å². The third kappa shape index (κ3) is 3.74. The van der Waals surface area contributed by atoms with E-state index in [0.717, 1.165) is 12.1 Å². The Kier molecular flexibility index (Phi) is 4.89. The van der Waals surface area contributed by atoms with Crippen LogP contribution in [0.15, 0.2) is 36.5 Å². The van der Waals surface area contributed by atoms with Crippen molar-refractivity contribution in [1.82, 2.24) is 9.88 Å². The first-order valence-corrected chi connectivity index (χ1v) is 7.84. The Bertz CT molecular complexity index is 827. The largest absolute Gasteiger partial charge is 0.473 e. The molecule has 25 heavy (non-hydrogen) atoms. The fraction of sp³-hybridized carbons (Fsp3) is 0.278. The second-order valence-electron chi connectivity index (χ2n) is 5.71. The summed E-state index contributed by atoms with van der Waals surface area (Å²) in [5.41, 5.74) is 0.484. The third-order valence-corrected chi connectivity index (χ3v) is 4.07. The van der Waals surface area contributed by atoms with E-state index in [1.165, 1.54) is 6.07 Å². The standard InChI is InChI=1S/C18H15F2N3O2/c19-15-4-3-12(10-16(15)20)18(24)23-8-5-14(6-9-23)25-17-13(11-21)2-1-7-22-17/h1-4,7,10,14H,5-6,8-9H2. The van der Waals surface area contributed by atoms with E-state index in [2.05, 4.69) is 4.98 Å². The minimum atomic E-state index is -1.04. The van der Waals surface area contributed by atoms with Crippen LogP contribution in [0, 0.1) is 23.0 Å². The number of nitrogens with zero attached hydrogens (tertiary/aromatic N) is 3. The highest BCUT2D eigenvalue weighted by molar-refractivity contribution is 5.94. The van der Waals surface area contributed by atoms with Gasteiger partial charge in [0.05, 0.1) is 0 Å². The van der Waals surface area contributed by atoms with Gasteiger partial charge in [-0.1, -0.05) is 0 Å². The molecule has 2 heterocycles. The number of carbonyl (C=O) groups is 1. The summed E-state index contributed by atoms with van der Waals surface area (Å²) in [6.45, 7) is 0.856. The van der Waals surface area contributed by atoms with Gasteiger partial charge < -0.3 is 9.64 Å². The van der Waals surface area contributed by atoms with Crippen molar-refractivity contribution in [2.24, 2.45) is 0 Å². The Morgan fingerprint density at radius 3 is 2.68 bits per heavy atom. The maximum atomic E-state index is 13.3. The summed E-state index contributed by atoms with van der Waals surface area (Å²) in [5, 5.41) is 9.05. The zero-order chi connectivity index (χ0) is 17.8. The molecule has 0 N–H and O–H groups in total. The van der Waals surface area contributed by atoms with Gasteiger partial charge in [-0.2, -0.15) is 5.26 Å². The molecule has 1 aromatic carbocycles. The Balaban J connectivity index is 1.61. The maximum absolute atomic E-state index is 13.3. The number of amides is 1. The van der Waals surface area contributed by atoms with Crippen molar-refractivity contribution >= 4 is 5.91 Å². The number of benzene rings is 1. The van der Waals surface area contributed by atoms with Crippen LogP contribution in [0.5, 0.6) is 5.88 Å². The van der Waals surface area contributed by atoms with Gasteiger partial charge >= 0.3 is 0 Å². The number of ether oxygens (including phenoxy) is 1. The molecule has 1 saturated heterocycles. The van der Waals surface area contributed by atoms with E-state index in [1.54, 1.807) is 23.2 Å². The number of hydrogen-bond acceptors (Lipinski definition) is 4. The molecule has 1 fully saturated rings. The van der Waals surface area contributed by atoms with E-state index in [1.807, 2.05) is 6.07 Å². The number of carbonyl (C=O) groups excluding carboxylic acids is 1. The normalized spacial score (nSPS) is 14.8. The summed E-state index contributed by atoms with van der Waals surface area (Å²) in [4.78, 5) is 18.0. The van der Waals surface area contributed by atoms with Crippen LogP contribution in [0.4, 0.5) is 8.78 Å². The minimum Gasteiger partial charge on any atom is -0.473 e. The SMILES string of the molecule is N#Cc1cccnc1OC1CCN(C(=O)c2ccc(F)c(F)c2)CC1. The van der Waals surface area contributed by atoms with Gasteiger partial charge in [-0.3, -0.25) is 4.79 Å². The number of rotatable bonds is 3. The second kappa shape index (κ2) is 7.26. The zero-order valence-corrected chi connectivity index (χ0v) is 13.3.